The fraction of sp³-hybridized carbons (Fsp3) is 0.406. The molecule has 3 rings (SSSR count). The zero-order valence-corrected chi connectivity index (χ0v) is 29.6. The van der Waals surface area contributed by atoms with Gasteiger partial charge in [-0.2, -0.15) is 0 Å². The molecule has 196 valence electrons. The molecule has 5 heteroatoms. The van der Waals surface area contributed by atoms with E-state index in [1.165, 1.54) is 37.4 Å². The summed E-state index contributed by atoms with van der Waals surface area (Å²) in [4.78, 5) is 4.23. The van der Waals surface area contributed by atoms with Gasteiger partial charge < -0.3 is 0 Å². The van der Waals surface area contributed by atoms with Crippen LogP contribution in [0.4, 0.5) is 5.69 Å². The second kappa shape index (κ2) is 9.96. The Morgan fingerprint density at radius 3 is 0.946 bits per heavy atom. The highest BCUT2D eigenvalue weighted by Crippen LogP contribution is 2.40. The minimum absolute atomic E-state index is 0.800. The van der Waals surface area contributed by atoms with Crippen molar-refractivity contribution in [2.45, 2.75) is 85.5 Å². The highest BCUT2D eigenvalue weighted by Gasteiger charge is 2.26. The molecular formula is C32H47NSi4. The maximum Gasteiger partial charge on any atom is 0.202 e. The van der Waals surface area contributed by atoms with Gasteiger partial charge >= 0.3 is 0 Å². The average Bonchev–Trinajstić information content (AvgIpc) is 2.75. The molecule has 3 aromatic rings. The van der Waals surface area contributed by atoms with E-state index in [4.69, 9.17) is 6.57 Å². The summed E-state index contributed by atoms with van der Waals surface area (Å²) in [6.45, 7) is 39.7. The summed E-state index contributed by atoms with van der Waals surface area (Å²) in [6, 6.07) is 19.0. The van der Waals surface area contributed by atoms with E-state index >= 15 is 0 Å². The second-order valence-corrected chi connectivity index (χ2v) is 35.2. The lowest BCUT2D eigenvalue weighted by atomic mass is 9.94. The fourth-order valence-corrected chi connectivity index (χ4v) is 9.63. The van der Waals surface area contributed by atoms with E-state index in [0.717, 1.165) is 16.8 Å². The Kier molecular flexibility index (Phi) is 7.96. The van der Waals surface area contributed by atoms with Gasteiger partial charge in [-0.15, -0.1) is 0 Å². The van der Waals surface area contributed by atoms with Crippen molar-refractivity contribution < 1.29 is 0 Å². The molecule has 0 unspecified atom stereocenters. The summed E-state index contributed by atoms with van der Waals surface area (Å²) in [5.74, 6) is 0. The van der Waals surface area contributed by atoms with Gasteiger partial charge in [0.05, 0.1) is 38.9 Å². The Bertz CT molecular complexity index is 1210. The first kappa shape index (κ1) is 29.6. The minimum Gasteiger partial charge on any atom is -0.237 e. The molecule has 0 aliphatic carbocycles. The lowest BCUT2D eigenvalue weighted by molar-refractivity contribution is 1.47. The van der Waals surface area contributed by atoms with Crippen LogP contribution in [0.1, 0.15) is 5.56 Å². The summed E-state index contributed by atoms with van der Waals surface area (Å²) >= 11 is 0. The summed E-state index contributed by atoms with van der Waals surface area (Å²) in [5.41, 5.74) is 6.66. The molecule has 0 saturated carbocycles. The van der Waals surface area contributed by atoms with Crippen LogP contribution in [0.2, 0.25) is 78.6 Å². The maximum absolute atomic E-state index is 8.36. The Balaban J connectivity index is 2.41. The molecule has 0 heterocycles. The molecule has 0 spiro atoms. The zero-order valence-electron chi connectivity index (χ0n) is 25.6. The molecule has 0 atom stereocenters. The van der Waals surface area contributed by atoms with Gasteiger partial charge in [0, 0.05) is 0 Å². The molecule has 1 nitrogen and oxygen atoms in total. The van der Waals surface area contributed by atoms with Crippen molar-refractivity contribution in [2.75, 3.05) is 0 Å². The Hall–Kier alpha value is -1.98. The average molecular weight is 558 g/mol. The third-order valence-electron chi connectivity index (χ3n) is 7.32. The lowest BCUT2D eigenvalue weighted by Gasteiger charge is -2.26. The molecule has 0 saturated heterocycles. The third kappa shape index (κ3) is 6.72. The van der Waals surface area contributed by atoms with Gasteiger partial charge in [0.25, 0.3) is 0 Å². The molecule has 0 aliphatic rings. The van der Waals surface area contributed by atoms with Crippen LogP contribution in [0, 0.1) is 13.5 Å². The van der Waals surface area contributed by atoms with Crippen molar-refractivity contribution >= 4 is 58.7 Å². The molecular weight excluding hydrogens is 511 g/mol. The van der Waals surface area contributed by atoms with Gasteiger partial charge in [0.1, 0.15) is 0 Å². The molecule has 0 aromatic heterocycles. The van der Waals surface area contributed by atoms with Crippen molar-refractivity contribution in [2.24, 2.45) is 0 Å². The van der Waals surface area contributed by atoms with Crippen LogP contribution in [-0.2, 0) is 0 Å². The second-order valence-electron chi connectivity index (χ2n) is 14.9. The van der Waals surface area contributed by atoms with Crippen LogP contribution in [0.3, 0.4) is 0 Å². The van der Waals surface area contributed by atoms with Crippen molar-refractivity contribution in [3.63, 3.8) is 0 Å². The number of hydrogen-bond donors (Lipinski definition) is 0. The fourth-order valence-electron chi connectivity index (χ4n) is 4.64. The number of nitrogens with zero attached hydrogens (tertiary/aromatic N) is 1. The van der Waals surface area contributed by atoms with Gasteiger partial charge in [0.2, 0.25) is 5.69 Å². The molecule has 37 heavy (non-hydrogen) atoms. The summed E-state index contributed by atoms with van der Waals surface area (Å²) < 4.78 is 0. The SMILES string of the molecule is [C-]#[N+]c1c(-c2cc([Si](C)(C)C)cc([Si](C)(C)C)c2)cc(C)cc1-c1cc([Si](C)(C)C)cc([Si](C)(C)C)c1. The van der Waals surface area contributed by atoms with Gasteiger partial charge in [-0.1, -0.05) is 153 Å². The van der Waals surface area contributed by atoms with Gasteiger partial charge in [0.15, 0.2) is 0 Å². The molecule has 0 fully saturated rings. The van der Waals surface area contributed by atoms with Crippen molar-refractivity contribution in [3.8, 4) is 22.3 Å². The van der Waals surface area contributed by atoms with Crippen LogP contribution in [0.15, 0.2) is 48.5 Å². The Morgan fingerprint density at radius 2 is 0.730 bits per heavy atom. The quantitative estimate of drug-likeness (QED) is 0.213. The highest BCUT2D eigenvalue weighted by atomic mass is 28.3. The molecule has 0 N–H and O–H groups in total. The van der Waals surface area contributed by atoms with Gasteiger partial charge in [-0.05, 0) is 29.2 Å². The number of hydrogen-bond acceptors (Lipinski definition) is 0. The first-order valence-corrected chi connectivity index (χ1v) is 27.6. The minimum atomic E-state index is -1.53. The van der Waals surface area contributed by atoms with E-state index in [-0.39, 0.29) is 0 Å². The van der Waals surface area contributed by atoms with Crippen LogP contribution in [0.25, 0.3) is 27.1 Å². The predicted octanol–water partition coefficient (Wildman–Crippen LogP) is 8.06. The van der Waals surface area contributed by atoms with Gasteiger partial charge in [-0.3, -0.25) is 0 Å². The zero-order chi connectivity index (χ0) is 28.1. The van der Waals surface area contributed by atoms with E-state index in [1.807, 2.05) is 0 Å². The molecule has 0 aliphatic heterocycles. The Labute approximate surface area is 231 Å². The molecule has 0 bridgehead atoms. The number of rotatable bonds is 6. The van der Waals surface area contributed by atoms with Crippen LogP contribution >= 0.6 is 0 Å². The van der Waals surface area contributed by atoms with Crippen LogP contribution in [-0.4, -0.2) is 32.3 Å². The predicted molar refractivity (Wildman–Crippen MR) is 180 cm³/mol. The Morgan fingerprint density at radius 1 is 0.459 bits per heavy atom. The maximum atomic E-state index is 8.36. The molecule has 3 aromatic carbocycles. The van der Waals surface area contributed by atoms with E-state index in [0.29, 0.717) is 0 Å². The summed E-state index contributed by atoms with van der Waals surface area (Å²) in [5, 5.41) is 5.96. The topological polar surface area (TPSA) is 4.36 Å². The van der Waals surface area contributed by atoms with Crippen LogP contribution < -0.4 is 20.7 Å². The smallest absolute Gasteiger partial charge is 0.202 e. The largest absolute Gasteiger partial charge is 0.237 e. The monoisotopic (exact) mass is 557 g/mol. The summed E-state index contributed by atoms with van der Waals surface area (Å²) in [6.07, 6.45) is 0. The number of aryl methyl sites for hydroxylation is 1. The van der Waals surface area contributed by atoms with E-state index < -0.39 is 32.3 Å². The first-order chi connectivity index (χ1) is 16.7. The van der Waals surface area contributed by atoms with Crippen molar-refractivity contribution in [1.82, 2.24) is 0 Å². The summed E-state index contributed by atoms with van der Waals surface area (Å²) in [7, 11) is -6.12. The first-order valence-electron chi connectivity index (χ1n) is 13.6. The lowest BCUT2D eigenvalue weighted by Crippen LogP contribution is -2.45. The van der Waals surface area contributed by atoms with Gasteiger partial charge in [-0.25, -0.2) is 4.85 Å². The third-order valence-corrected chi connectivity index (χ3v) is 15.4. The van der Waals surface area contributed by atoms with Crippen molar-refractivity contribution in [3.05, 3.63) is 65.5 Å². The normalized spacial score (nSPS) is 13.0. The van der Waals surface area contributed by atoms with Crippen LogP contribution in [0.5, 0.6) is 0 Å². The van der Waals surface area contributed by atoms with E-state index in [9.17, 15) is 0 Å². The van der Waals surface area contributed by atoms with E-state index in [2.05, 4.69) is 139 Å². The van der Waals surface area contributed by atoms with Crippen molar-refractivity contribution in [1.29, 1.82) is 0 Å². The molecule has 0 radical (unpaired) electrons. The standard InChI is InChI=1S/C32H47NSi4/c1-23-15-30(24-17-26(34(3,4)5)21-27(18-24)35(6,7)8)32(33-2)31(16-23)25-19-28(36(9,10)11)22-29(20-25)37(12,13)14/h15-22H,1,3-14H3. The highest BCUT2D eigenvalue weighted by molar-refractivity contribution is 6.92. The molecule has 0 amide bonds. The number of benzene rings is 3. The van der Waals surface area contributed by atoms with E-state index in [1.54, 1.807) is 0 Å².